The van der Waals surface area contributed by atoms with Crippen LogP contribution < -0.4 is 5.32 Å². The van der Waals surface area contributed by atoms with Crippen LogP contribution in [0.3, 0.4) is 0 Å². The molecule has 0 radical (unpaired) electrons. The molecule has 10 heteroatoms. The fraction of sp³-hybridized carbons (Fsp3) is 0.333. The van der Waals surface area contributed by atoms with Crippen molar-refractivity contribution in [2.75, 3.05) is 0 Å². The summed E-state index contributed by atoms with van der Waals surface area (Å²) in [7, 11) is 7.92. The van der Waals surface area contributed by atoms with Gasteiger partial charge in [-0.05, 0) is 48.1 Å². The van der Waals surface area contributed by atoms with E-state index in [9.17, 15) is 4.79 Å². The molecule has 2 heterocycles. The highest BCUT2D eigenvalue weighted by molar-refractivity contribution is 6.58. The van der Waals surface area contributed by atoms with Crippen molar-refractivity contribution in [2.45, 2.75) is 30.9 Å². The second-order valence-electron chi connectivity index (χ2n) is 8.45. The van der Waals surface area contributed by atoms with E-state index in [1.165, 1.54) is 5.56 Å². The molecule has 7 nitrogen and oxygen atoms in total. The molecular weight excluding hydrogens is 351 g/mol. The van der Waals surface area contributed by atoms with Crippen LogP contribution >= 0.6 is 0 Å². The number of aryl methyl sites for hydroxylation is 3. The molecule has 2 aromatic heterocycles. The third-order valence-electron chi connectivity index (χ3n) is 5.09. The number of hydrogen-bond acceptors (Lipinski definition) is 5. The van der Waals surface area contributed by atoms with Gasteiger partial charge < -0.3 is 9.84 Å². The first kappa shape index (κ1) is 18.6. The summed E-state index contributed by atoms with van der Waals surface area (Å²) < 4.78 is 7.03. The van der Waals surface area contributed by atoms with Crippen LogP contribution in [-0.4, -0.2) is 49.4 Å². The van der Waals surface area contributed by atoms with Gasteiger partial charge in [0.15, 0.2) is 0 Å². The lowest BCUT2D eigenvalue weighted by atomic mass is 9.42. The highest BCUT2D eigenvalue weighted by Gasteiger charge is 2.27. The predicted molar refractivity (Wildman–Crippen MR) is 114 cm³/mol. The summed E-state index contributed by atoms with van der Waals surface area (Å²) >= 11 is 0. The maximum Gasteiger partial charge on any atom is 0.270 e. The molecule has 0 saturated carbocycles. The van der Waals surface area contributed by atoms with Crippen LogP contribution in [0.1, 0.15) is 45.7 Å². The SMILES string of the molecule is BC(B)(B)c1nc(-c2ccc3c(c2)CC[C@H]3NC(=O)c2cc(C)nn2C)no1. The number of nitrogens with zero attached hydrogens (tertiary/aromatic N) is 4. The van der Waals surface area contributed by atoms with Gasteiger partial charge in [0.1, 0.15) is 29.2 Å². The zero-order valence-corrected chi connectivity index (χ0v) is 16.9. The summed E-state index contributed by atoms with van der Waals surface area (Å²) in [6.07, 6.45) is 1.78. The number of amides is 1. The number of aromatic nitrogens is 4. The number of carbonyl (C=O) groups is 1. The number of fused-ring (bicyclic) bond motifs is 1. The van der Waals surface area contributed by atoms with Crippen molar-refractivity contribution < 1.29 is 9.32 Å². The Bertz CT molecular complexity index is 1050. The molecule has 0 spiro atoms. The van der Waals surface area contributed by atoms with Crippen LogP contribution in [0.25, 0.3) is 11.4 Å². The summed E-state index contributed by atoms with van der Waals surface area (Å²) in [4.78, 5) is 17.2. The first-order valence-electron chi connectivity index (χ1n) is 9.51. The van der Waals surface area contributed by atoms with Gasteiger partial charge in [0.25, 0.3) is 5.91 Å². The van der Waals surface area contributed by atoms with Crippen LogP contribution in [0.2, 0.25) is 0 Å². The van der Waals surface area contributed by atoms with Crippen LogP contribution in [-0.2, 0) is 18.6 Å². The molecule has 3 aromatic rings. The van der Waals surface area contributed by atoms with E-state index in [0.29, 0.717) is 17.4 Å². The molecule has 1 aliphatic carbocycles. The molecule has 1 N–H and O–H groups in total. The highest BCUT2D eigenvalue weighted by atomic mass is 16.5. The Hall–Kier alpha value is -2.77. The molecule has 0 unspecified atom stereocenters. The summed E-state index contributed by atoms with van der Waals surface area (Å²) in [5.41, 5.74) is 4.71. The minimum absolute atomic E-state index is 0.00200. The topological polar surface area (TPSA) is 85.8 Å². The van der Waals surface area contributed by atoms with Gasteiger partial charge in [0.05, 0.1) is 11.7 Å². The van der Waals surface area contributed by atoms with Crippen molar-refractivity contribution in [2.24, 2.45) is 7.05 Å². The van der Waals surface area contributed by atoms with Gasteiger partial charge in [-0.3, -0.25) is 9.48 Å². The van der Waals surface area contributed by atoms with Crippen LogP contribution in [0.5, 0.6) is 0 Å². The van der Waals surface area contributed by atoms with Crippen molar-refractivity contribution in [1.29, 1.82) is 0 Å². The molecule has 0 saturated heterocycles. The van der Waals surface area contributed by atoms with Gasteiger partial charge in [-0.1, -0.05) is 17.3 Å². The van der Waals surface area contributed by atoms with E-state index in [4.69, 9.17) is 4.52 Å². The molecule has 4 rings (SSSR count). The van der Waals surface area contributed by atoms with Crippen molar-refractivity contribution in [3.05, 3.63) is 52.7 Å². The Kier molecular flexibility index (Phi) is 4.44. The van der Waals surface area contributed by atoms with E-state index in [1.807, 2.05) is 36.5 Å². The fourth-order valence-corrected chi connectivity index (χ4v) is 3.61. The van der Waals surface area contributed by atoms with Crippen LogP contribution in [0.4, 0.5) is 0 Å². The van der Waals surface area contributed by atoms with E-state index in [1.54, 1.807) is 17.8 Å². The van der Waals surface area contributed by atoms with Gasteiger partial charge in [-0.2, -0.15) is 10.1 Å². The number of nitrogens with one attached hydrogen (secondary N) is 1. The number of carbonyl (C=O) groups excluding carboxylic acids is 1. The average Bonchev–Trinajstić information content (AvgIpc) is 3.33. The summed E-state index contributed by atoms with van der Waals surface area (Å²) in [6.45, 7) is 1.88. The summed E-state index contributed by atoms with van der Waals surface area (Å²) in [5.74, 6) is 1.13. The fourth-order valence-electron chi connectivity index (χ4n) is 3.61. The van der Waals surface area contributed by atoms with Crippen molar-refractivity contribution >= 4 is 29.4 Å². The lowest BCUT2D eigenvalue weighted by molar-refractivity contribution is 0.0927. The third-order valence-corrected chi connectivity index (χ3v) is 5.09. The number of rotatable bonds is 4. The molecule has 1 amide bonds. The lowest BCUT2D eigenvalue weighted by Crippen LogP contribution is -2.28. The van der Waals surface area contributed by atoms with E-state index < -0.39 is 0 Å². The van der Waals surface area contributed by atoms with Gasteiger partial charge >= 0.3 is 0 Å². The zero-order chi connectivity index (χ0) is 20.1. The maximum absolute atomic E-state index is 12.6. The molecule has 140 valence electrons. The van der Waals surface area contributed by atoms with Crippen molar-refractivity contribution in [3.8, 4) is 11.4 Å². The average molecular weight is 373 g/mol. The largest absolute Gasteiger partial charge is 0.344 e. The van der Waals surface area contributed by atoms with Crippen LogP contribution in [0.15, 0.2) is 28.8 Å². The van der Waals surface area contributed by atoms with Crippen molar-refractivity contribution in [1.82, 2.24) is 25.2 Å². The Balaban J connectivity index is 1.54. The van der Waals surface area contributed by atoms with E-state index in [2.05, 4.69) is 32.7 Å². The standard InChI is InChI=1S/C18H22B3N5O2/c1-9-7-14(26(2)24-9)16(27)22-13-6-4-10-8-11(3-5-12(10)13)15-23-17(28-25-15)18(19,20)21/h3,5,7-8,13H,4,6,19-21H2,1-2H3,(H,22,27)/t13-/m1/s1. The number of benzene rings is 1. The van der Waals surface area contributed by atoms with Gasteiger partial charge in [-0.15, -0.1) is 0 Å². The Morgan fingerprint density at radius 2 is 2.11 bits per heavy atom. The van der Waals surface area contributed by atoms with Crippen molar-refractivity contribution in [3.63, 3.8) is 0 Å². The Morgan fingerprint density at radius 1 is 1.32 bits per heavy atom. The second-order valence-corrected chi connectivity index (χ2v) is 8.45. The van der Waals surface area contributed by atoms with Gasteiger partial charge in [-0.25, -0.2) is 0 Å². The third kappa shape index (κ3) is 3.39. The Morgan fingerprint density at radius 3 is 2.75 bits per heavy atom. The minimum atomic E-state index is -0.179. The van der Waals surface area contributed by atoms with Gasteiger partial charge in [0.2, 0.25) is 11.7 Å². The quantitative estimate of drug-likeness (QED) is 0.606. The number of hydrogen-bond donors (Lipinski definition) is 1. The zero-order valence-electron chi connectivity index (χ0n) is 16.9. The minimum Gasteiger partial charge on any atom is -0.344 e. The van der Waals surface area contributed by atoms with Crippen LogP contribution in [0, 0.1) is 6.92 Å². The first-order chi connectivity index (χ1) is 13.2. The highest BCUT2D eigenvalue weighted by Crippen LogP contribution is 2.34. The van der Waals surface area contributed by atoms with E-state index in [0.717, 1.165) is 29.7 Å². The summed E-state index contributed by atoms with van der Waals surface area (Å²) in [5, 5.41) is 11.3. The first-order valence-corrected chi connectivity index (χ1v) is 9.51. The Labute approximate surface area is 166 Å². The smallest absolute Gasteiger partial charge is 0.270 e. The molecule has 0 bridgehead atoms. The van der Waals surface area contributed by atoms with E-state index in [-0.39, 0.29) is 17.1 Å². The molecule has 1 aliphatic rings. The molecule has 0 fully saturated rings. The molecule has 1 atom stereocenters. The monoisotopic (exact) mass is 373 g/mol. The maximum atomic E-state index is 12.6. The molecular formula is C18H22B3N5O2. The summed E-state index contributed by atoms with van der Waals surface area (Å²) in [6, 6.07) is 7.96. The van der Waals surface area contributed by atoms with E-state index >= 15 is 0 Å². The molecule has 0 aliphatic heterocycles. The normalized spacial score (nSPS) is 16.1. The van der Waals surface area contributed by atoms with Gasteiger partial charge in [0, 0.05) is 12.6 Å². The molecule has 1 aromatic carbocycles. The predicted octanol–water partition coefficient (Wildman–Crippen LogP) is -0.795. The second kappa shape index (κ2) is 6.69. The molecule has 28 heavy (non-hydrogen) atoms. The lowest BCUT2D eigenvalue weighted by Gasteiger charge is -2.14.